The highest BCUT2D eigenvalue weighted by atomic mass is 32.2. The Morgan fingerprint density at radius 2 is 1.00 bits per heavy atom. The second-order valence-corrected chi connectivity index (χ2v) is 32.9. The van der Waals surface area contributed by atoms with Gasteiger partial charge in [-0.2, -0.15) is 11.8 Å². The van der Waals surface area contributed by atoms with Crippen molar-refractivity contribution in [1.82, 2.24) is 74.0 Å². The highest BCUT2D eigenvalue weighted by Crippen LogP contribution is 2.22. The van der Waals surface area contributed by atoms with E-state index in [4.69, 9.17) is 34.4 Å². The first kappa shape index (κ1) is 106. The molecule has 2 aromatic carbocycles. The zero-order valence-corrected chi connectivity index (χ0v) is 72.7. The van der Waals surface area contributed by atoms with Gasteiger partial charge in [0.15, 0.2) is 5.96 Å². The van der Waals surface area contributed by atoms with E-state index in [1.165, 1.54) is 43.0 Å². The molecule has 0 aromatic heterocycles. The number of aliphatic carboxylic acids is 1. The van der Waals surface area contributed by atoms with E-state index in [0.29, 0.717) is 30.4 Å². The van der Waals surface area contributed by atoms with Crippen molar-refractivity contribution >= 4 is 118 Å². The summed E-state index contributed by atoms with van der Waals surface area (Å²) in [7, 11) is 0. The zero-order chi connectivity index (χ0) is 92.3. The predicted octanol–water partition coefficient (Wildman–Crippen LogP) is -4.21. The standard InChI is InChI=1S/C81H131N21O20S/c1-11-46(8)66(78(119)99-60(40-64(85)106)76(117)96-57(37-45(6)7)73(114)94-55(80(121)122)22-17-32-88-81(86)87)101-72(113)54(30-34-123-10)93-71(112)53(28-29-63(84)105)91-65(107)41-89-69(110)56(36-44(4)5)95-74(115)59(39-49-24-26-50(104)27-25-49)98-77(118)62-23-18-33-102(62)79(120)61(42-103)100-75(116)58(38-48-19-13-12-14-20-48)97-70(111)52(21-15-16-31-82)92-67(108)47(9)90-68(109)51(83)35-43(2)3/h12-14,19-20,24-27,43-47,51-62,66,103-104H,11,15-18,21-23,28-42,82-83H2,1-10H3,(H2,84,105)(H2,85,106)(H,89,110)(H,90,109)(H,91,107)(H,92,108)(H,93,112)(H,94,114)(H,95,115)(H,96,117)(H,97,111)(H,98,118)(H,99,119)(H,100,116)(H,101,113)(H,121,122)(H4,86,87,88)/t46-,47-,51-,52-,53-,54-,55-,56-,57-,58-,59-,60-,61-,62-,66-/m0/s1. The first-order valence-corrected chi connectivity index (χ1v) is 42.9. The number of aliphatic hydroxyl groups is 1. The molecule has 41 nitrogen and oxygen atoms in total. The van der Waals surface area contributed by atoms with Crippen LogP contribution >= 0.6 is 11.8 Å². The molecule has 1 aliphatic rings. The Hall–Kier alpha value is -11.3. The molecule has 3 rings (SSSR count). The molecule has 15 atom stereocenters. The number of likely N-dealkylation sites (tertiary alicyclic amines) is 1. The molecule has 0 saturated carbocycles. The maximum absolute atomic E-state index is 14.7. The number of unbranched alkanes of at least 4 members (excludes halogenated alkanes) is 1. The van der Waals surface area contributed by atoms with Crippen LogP contribution in [0.3, 0.4) is 0 Å². The molecule has 0 radical (unpaired) electrons. The minimum absolute atomic E-state index is 0.0282. The van der Waals surface area contributed by atoms with E-state index < -0.39 is 223 Å². The van der Waals surface area contributed by atoms with E-state index in [1.807, 2.05) is 13.8 Å². The molecule has 1 aliphatic heterocycles. The van der Waals surface area contributed by atoms with Crippen LogP contribution < -0.4 is 104 Å². The lowest BCUT2D eigenvalue weighted by molar-refractivity contribution is -0.143. The Balaban J connectivity index is 1.88. The maximum Gasteiger partial charge on any atom is 0.326 e. The number of thioether (sulfide) groups is 1. The Morgan fingerprint density at radius 1 is 0.512 bits per heavy atom. The number of aromatic hydroxyl groups is 1. The smallest absolute Gasteiger partial charge is 0.326 e. The summed E-state index contributed by atoms with van der Waals surface area (Å²) >= 11 is 1.27. The van der Waals surface area contributed by atoms with E-state index in [-0.39, 0.29) is 125 Å². The fraction of sp³-hybridized carbons (Fsp3) is 0.630. The van der Waals surface area contributed by atoms with Crippen LogP contribution in [0.1, 0.15) is 170 Å². The molecular weight excluding hydrogens is 1620 g/mol. The van der Waals surface area contributed by atoms with Gasteiger partial charge in [0.1, 0.15) is 84.3 Å². The third kappa shape index (κ3) is 39.2. The largest absolute Gasteiger partial charge is 0.508 e. The highest BCUT2D eigenvalue weighted by molar-refractivity contribution is 7.98. The fourth-order valence-corrected chi connectivity index (χ4v) is 13.6. The van der Waals surface area contributed by atoms with Crippen LogP contribution in [0.5, 0.6) is 5.75 Å². The molecule has 123 heavy (non-hydrogen) atoms. The first-order valence-electron chi connectivity index (χ1n) is 41.5. The fourth-order valence-electron chi connectivity index (χ4n) is 13.2. The van der Waals surface area contributed by atoms with Gasteiger partial charge in [-0.1, -0.05) is 104 Å². The van der Waals surface area contributed by atoms with E-state index in [0.717, 1.165) is 4.90 Å². The summed E-state index contributed by atoms with van der Waals surface area (Å²) in [6, 6.07) is -5.77. The third-order valence-corrected chi connectivity index (χ3v) is 20.7. The molecular formula is C81H131N21O20S. The van der Waals surface area contributed by atoms with Crippen LogP contribution in [-0.2, 0) is 94.3 Å². The summed E-state index contributed by atoms with van der Waals surface area (Å²) in [5, 5.41) is 64.1. The van der Waals surface area contributed by atoms with Crippen molar-refractivity contribution in [2.24, 2.45) is 63.1 Å². The Bertz CT molecular complexity index is 3900. The Kier molecular flexibility index (Phi) is 47.3. The second kappa shape index (κ2) is 55.0. The van der Waals surface area contributed by atoms with E-state index >= 15 is 0 Å². The topological polar surface area (TPSA) is 679 Å². The molecule has 686 valence electrons. The van der Waals surface area contributed by atoms with E-state index in [9.17, 15) is 96.8 Å². The number of aliphatic imine (C=N–C) groups is 1. The number of nitrogens with zero attached hydrogens (tertiary/aromatic N) is 2. The molecule has 1 fully saturated rings. The van der Waals surface area contributed by atoms with Crippen LogP contribution in [0.2, 0.25) is 0 Å². The lowest BCUT2D eigenvalue weighted by atomic mass is 9.96. The van der Waals surface area contributed by atoms with Crippen molar-refractivity contribution in [2.75, 3.05) is 44.8 Å². The average molecular weight is 1750 g/mol. The van der Waals surface area contributed by atoms with Crippen molar-refractivity contribution in [2.45, 2.75) is 256 Å². The number of nitrogens with two attached hydrogens (primary N) is 6. The Labute approximate surface area is 721 Å². The average Bonchev–Trinajstić information content (AvgIpc) is 1.72. The number of phenols is 1. The maximum atomic E-state index is 14.7. The lowest BCUT2D eigenvalue weighted by Crippen LogP contribution is -2.61. The summed E-state index contributed by atoms with van der Waals surface area (Å²) in [6.45, 7) is 13.7. The number of phenolic OH excluding ortho intramolecular Hbond substituents is 1. The van der Waals surface area contributed by atoms with Crippen LogP contribution in [0.4, 0.5) is 0 Å². The normalized spacial score (nSPS) is 15.9. The molecule has 1 heterocycles. The molecule has 1 saturated heterocycles. The van der Waals surface area contributed by atoms with Crippen LogP contribution in [0.15, 0.2) is 59.6 Å². The SMILES string of the molecule is CC[C@H](C)[C@H](NC(=O)[C@H](CCSC)NC(=O)[C@H](CCC(N)=O)NC(=O)CNC(=O)[C@H](CC(C)C)NC(=O)[C@H](Cc1ccc(O)cc1)NC(=O)[C@@H]1CCCN1C(=O)[C@H](CO)NC(=O)[C@H](Cc1ccccc1)NC(=O)[C@H](CCCCN)NC(=O)[C@H](C)NC(=O)[C@@H](N)CC(C)C)C(=O)N[C@@H](CC(N)=O)C(=O)N[C@@H](CC(C)C)C(=O)N[C@@H](CCCN=C(N)N)C(=O)O. The summed E-state index contributed by atoms with van der Waals surface area (Å²) in [6.07, 6.45) is 1.14. The quantitative estimate of drug-likeness (QED) is 0.0170. The summed E-state index contributed by atoms with van der Waals surface area (Å²) in [4.78, 5) is 240. The molecule has 0 aliphatic carbocycles. The number of primary amides is 2. The number of carboxylic acid groups (broad SMARTS) is 1. The van der Waals surface area contributed by atoms with Crippen molar-refractivity contribution < 1.29 is 96.8 Å². The number of hydrogen-bond acceptors (Lipinski definition) is 23. The molecule has 42 heteroatoms. The van der Waals surface area contributed by atoms with Gasteiger partial charge in [-0.3, -0.25) is 81.7 Å². The zero-order valence-electron chi connectivity index (χ0n) is 71.9. The van der Waals surface area contributed by atoms with Gasteiger partial charge in [0.2, 0.25) is 94.5 Å². The van der Waals surface area contributed by atoms with Gasteiger partial charge < -0.3 is 124 Å². The van der Waals surface area contributed by atoms with Crippen molar-refractivity contribution in [3.8, 4) is 5.75 Å². The number of amides is 16. The van der Waals surface area contributed by atoms with Crippen molar-refractivity contribution in [1.29, 1.82) is 0 Å². The van der Waals surface area contributed by atoms with E-state index in [2.05, 4.69) is 74.1 Å². The van der Waals surface area contributed by atoms with Gasteiger partial charge in [0.05, 0.1) is 25.6 Å². The van der Waals surface area contributed by atoms with Crippen LogP contribution in [0.25, 0.3) is 0 Å². The number of carbonyl (C=O) groups is 17. The van der Waals surface area contributed by atoms with Crippen LogP contribution in [-0.4, -0.2) is 256 Å². The summed E-state index contributed by atoms with van der Waals surface area (Å²) in [5.74, 6) is -17.3. The highest BCUT2D eigenvalue weighted by Gasteiger charge is 2.42. The number of benzene rings is 2. The van der Waals surface area contributed by atoms with Crippen molar-refractivity contribution in [3.63, 3.8) is 0 Å². The summed E-state index contributed by atoms with van der Waals surface area (Å²) < 4.78 is 0. The van der Waals surface area contributed by atoms with Gasteiger partial charge in [0.25, 0.3) is 0 Å². The number of rotatable bonds is 57. The predicted molar refractivity (Wildman–Crippen MR) is 457 cm³/mol. The lowest BCUT2D eigenvalue weighted by Gasteiger charge is -2.30. The minimum Gasteiger partial charge on any atom is -0.508 e. The summed E-state index contributed by atoms with van der Waals surface area (Å²) in [5.41, 5.74) is 34.6. The third-order valence-electron chi connectivity index (χ3n) is 20.0. The van der Waals surface area contributed by atoms with Crippen molar-refractivity contribution in [3.05, 3.63) is 65.7 Å². The van der Waals surface area contributed by atoms with Gasteiger partial charge in [0, 0.05) is 32.4 Å². The molecule has 2 aromatic rings. The monoisotopic (exact) mass is 1750 g/mol. The second-order valence-electron chi connectivity index (χ2n) is 31.9. The minimum atomic E-state index is -1.75. The molecule has 16 amide bonds. The van der Waals surface area contributed by atoms with Gasteiger partial charge in [-0.25, -0.2) is 4.79 Å². The molecule has 0 bridgehead atoms. The molecule has 28 N–H and O–H groups in total. The number of carboxylic acids is 1. The van der Waals surface area contributed by atoms with E-state index in [1.54, 1.807) is 78.1 Å². The van der Waals surface area contributed by atoms with Crippen LogP contribution in [0, 0.1) is 23.7 Å². The molecule has 0 unspecified atom stereocenters. The number of hydrogen-bond donors (Lipinski definition) is 22. The molecule has 0 spiro atoms. The van der Waals surface area contributed by atoms with Gasteiger partial charge in [-0.05, 0) is 149 Å². The number of guanidine groups is 1. The number of aliphatic hydroxyl groups excluding tert-OH is 1. The number of nitrogens with one attached hydrogen (secondary N) is 13. The van der Waals surface area contributed by atoms with Gasteiger partial charge in [-0.15, -0.1) is 0 Å². The first-order chi connectivity index (χ1) is 58.0. The van der Waals surface area contributed by atoms with Gasteiger partial charge >= 0.3 is 5.97 Å². The Morgan fingerprint density at radius 3 is 1.54 bits per heavy atom. The number of carbonyl (C=O) groups excluding carboxylic acids is 16.